The maximum absolute atomic E-state index is 13.0. The molecule has 0 saturated heterocycles. The van der Waals surface area contributed by atoms with Crippen molar-refractivity contribution in [1.82, 2.24) is 10.6 Å². The van der Waals surface area contributed by atoms with Crippen LogP contribution in [0.5, 0.6) is 0 Å². The minimum Gasteiger partial charge on any atom is -0.350 e. The fourth-order valence-corrected chi connectivity index (χ4v) is 2.62. The highest BCUT2D eigenvalue weighted by atomic mass is 19.1. The first kappa shape index (κ1) is 18.6. The molecule has 2 amide bonds. The van der Waals surface area contributed by atoms with E-state index in [1.165, 1.54) is 19.1 Å². The average molecular weight is 342 g/mol. The zero-order chi connectivity index (χ0) is 18.4. The summed E-state index contributed by atoms with van der Waals surface area (Å²) in [6.07, 6.45) is 0.133. The van der Waals surface area contributed by atoms with E-state index in [0.29, 0.717) is 0 Å². The lowest BCUT2D eigenvalue weighted by Crippen LogP contribution is -2.33. The summed E-state index contributed by atoms with van der Waals surface area (Å²) in [6, 6.07) is 13.1. The molecule has 4 nitrogen and oxygen atoms in total. The van der Waals surface area contributed by atoms with Gasteiger partial charge in [0.05, 0.1) is 18.5 Å². The molecule has 132 valence electrons. The maximum Gasteiger partial charge on any atom is 0.222 e. The van der Waals surface area contributed by atoms with Gasteiger partial charge in [0.25, 0.3) is 0 Å². The zero-order valence-corrected chi connectivity index (χ0v) is 14.7. The van der Waals surface area contributed by atoms with E-state index in [0.717, 1.165) is 16.7 Å². The highest BCUT2D eigenvalue weighted by Crippen LogP contribution is 2.19. The van der Waals surface area contributed by atoms with Crippen LogP contribution in [0.4, 0.5) is 4.39 Å². The van der Waals surface area contributed by atoms with Crippen molar-refractivity contribution in [2.45, 2.75) is 39.3 Å². The van der Waals surface area contributed by atoms with Crippen LogP contribution in [-0.2, 0) is 9.59 Å². The van der Waals surface area contributed by atoms with Crippen molar-refractivity contribution in [1.29, 1.82) is 0 Å². The lowest BCUT2D eigenvalue weighted by molar-refractivity contribution is -0.123. The van der Waals surface area contributed by atoms with Crippen LogP contribution in [-0.4, -0.2) is 11.8 Å². The van der Waals surface area contributed by atoms with Crippen LogP contribution in [0.2, 0.25) is 0 Å². The van der Waals surface area contributed by atoms with Crippen LogP contribution in [0.25, 0.3) is 0 Å². The molecule has 0 aliphatic rings. The summed E-state index contributed by atoms with van der Waals surface area (Å²) in [4.78, 5) is 23.9. The number of hydrogen-bond donors (Lipinski definition) is 2. The number of hydrogen-bond acceptors (Lipinski definition) is 2. The topological polar surface area (TPSA) is 58.2 Å². The Morgan fingerprint density at radius 1 is 0.960 bits per heavy atom. The molecule has 2 N–H and O–H groups in total. The third-order valence-electron chi connectivity index (χ3n) is 3.99. The molecule has 0 bridgehead atoms. The van der Waals surface area contributed by atoms with Crippen molar-refractivity contribution in [3.63, 3.8) is 0 Å². The molecule has 2 aromatic carbocycles. The SMILES string of the molecule is CC(=O)NC(CC(=O)NC(C)c1ccc(F)cc1)c1ccc(C)cc1. The summed E-state index contributed by atoms with van der Waals surface area (Å²) >= 11 is 0. The molecular formula is C20H23FN2O2. The van der Waals surface area contributed by atoms with Gasteiger partial charge in [-0.15, -0.1) is 0 Å². The van der Waals surface area contributed by atoms with Gasteiger partial charge in [-0.25, -0.2) is 4.39 Å². The van der Waals surface area contributed by atoms with Crippen LogP contribution < -0.4 is 10.6 Å². The Hall–Kier alpha value is -2.69. The molecule has 0 fully saturated rings. The van der Waals surface area contributed by atoms with Gasteiger partial charge in [0.15, 0.2) is 0 Å². The van der Waals surface area contributed by atoms with E-state index in [2.05, 4.69) is 10.6 Å². The van der Waals surface area contributed by atoms with Crippen molar-refractivity contribution < 1.29 is 14.0 Å². The van der Waals surface area contributed by atoms with Crippen LogP contribution in [0.3, 0.4) is 0 Å². The Bertz CT molecular complexity index is 726. The van der Waals surface area contributed by atoms with E-state index in [1.54, 1.807) is 12.1 Å². The number of benzene rings is 2. The molecule has 0 spiro atoms. The fourth-order valence-electron chi connectivity index (χ4n) is 2.62. The third-order valence-corrected chi connectivity index (χ3v) is 3.99. The van der Waals surface area contributed by atoms with Gasteiger partial charge >= 0.3 is 0 Å². The second-order valence-corrected chi connectivity index (χ2v) is 6.21. The van der Waals surface area contributed by atoms with Crippen molar-refractivity contribution in [2.75, 3.05) is 0 Å². The van der Waals surface area contributed by atoms with Crippen molar-refractivity contribution in [3.8, 4) is 0 Å². The molecule has 2 rings (SSSR count). The summed E-state index contributed by atoms with van der Waals surface area (Å²) in [6.45, 7) is 5.25. The number of nitrogens with one attached hydrogen (secondary N) is 2. The Labute approximate surface area is 147 Å². The van der Waals surface area contributed by atoms with Gasteiger partial charge < -0.3 is 10.6 Å². The normalized spacial score (nSPS) is 13.0. The molecule has 0 heterocycles. The molecule has 2 aromatic rings. The molecule has 0 aliphatic heterocycles. The van der Waals surface area contributed by atoms with Crippen LogP contribution in [0.15, 0.2) is 48.5 Å². The lowest BCUT2D eigenvalue weighted by Gasteiger charge is -2.20. The molecule has 2 atom stereocenters. The van der Waals surface area contributed by atoms with Gasteiger partial charge in [-0.3, -0.25) is 9.59 Å². The molecule has 2 unspecified atom stereocenters. The Morgan fingerprint density at radius 2 is 1.52 bits per heavy atom. The minimum absolute atomic E-state index is 0.133. The predicted octanol–water partition coefficient (Wildman–Crippen LogP) is 3.58. The molecule has 0 radical (unpaired) electrons. The zero-order valence-electron chi connectivity index (χ0n) is 14.7. The van der Waals surface area contributed by atoms with Crippen LogP contribution in [0.1, 0.15) is 49.0 Å². The van der Waals surface area contributed by atoms with E-state index in [4.69, 9.17) is 0 Å². The number of carbonyl (C=O) groups is 2. The van der Waals surface area contributed by atoms with E-state index < -0.39 is 6.04 Å². The van der Waals surface area contributed by atoms with Gasteiger partial charge in [-0.1, -0.05) is 42.0 Å². The number of aryl methyl sites for hydroxylation is 1. The van der Waals surface area contributed by atoms with Crippen LogP contribution >= 0.6 is 0 Å². The smallest absolute Gasteiger partial charge is 0.222 e. The van der Waals surface area contributed by atoms with Gasteiger partial charge in [-0.2, -0.15) is 0 Å². The van der Waals surface area contributed by atoms with Gasteiger partial charge in [0, 0.05) is 6.92 Å². The average Bonchev–Trinajstić information content (AvgIpc) is 2.55. The first-order valence-corrected chi connectivity index (χ1v) is 8.23. The number of carbonyl (C=O) groups excluding carboxylic acids is 2. The fraction of sp³-hybridized carbons (Fsp3) is 0.300. The van der Waals surface area contributed by atoms with E-state index in [9.17, 15) is 14.0 Å². The molecule has 0 aromatic heterocycles. The summed E-state index contributed by atoms with van der Waals surface area (Å²) < 4.78 is 13.0. The summed E-state index contributed by atoms with van der Waals surface area (Å²) in [5, 5.41) is 5.71. The predicted molar refractivity (Wildman–Crippen MR) is 95.3 cm³/mol. The highest BCUT2D eigenvalue weighted by molar-refractivity contribution is 5.79. The molecule has 0 aliphatic carbocycles. The molecule has 25 heavy (non-hydrogen) atoms. The molecular weight excluding hydrogens is 319 g/mol. The highest BCUT2D eigenvalue weighted by Gasteiger charge is 2.18. The van der Waals surface area contributed by atoms with Gasteiger partial charge in [-0.05, 0) is 37.1 Å². The summed E-state index contributed by atoms with van der Waals surface area (Å²) in [5.41, 5.74) is 2.81. The lowest BCUT2D eigenvalue weighted by atomic mass is 10.0. The Morgan fingerprint density at radius 3 is 2.08 bits per heavy atom. The molecule has 5 heteroatoms. The second-order valence-electron chi connectivity index (χ2n) is 6.21. The van der Waals surface area contributed by atoms with Crippen molar-refractivity contribution >= 4 is 11.8 Å². The summed E-state index contributed by atoms with van der Waals surface area (Å²) in [7, 11) is 0. The second kappa shape index (κ2) is 8.42. The van der Waals surface area contributed by atoms with Crippen molar-refractivity contribution in [3.05, 3.63) is 71.0 Å². The van der Waals surface area contributed by atoms with E-state index in [-0.39, 0.29) is 30.1 Å². The van der Waals surface area contributed by atoms with E-state index in [1.807, 2.05) is 38.1 Å². The maximum atomic E-state index is 13.0. The summed E-state index contributed by atoms with van der Waals surface area (Å²) in [5.74, 6) is -0.687. The standard InChI is InChI=1S/C20H23FN2O2/c1-13-4-6-17(7-5-13)19(23-15(3)24)12-20(25)22-14(2)16-8-10-18(21)11-9-16/h4-11,14,19H,12H2,1-3H3,(H,22,25)(H,23,24). The quantitative estimate of drug-likeness (QED) is 0.843. The van der Waals surface area contributed by atoms with Crippen LogP contribution in [0, 0.1) is 12.7 Å². The minimum atomic E-state index is -0.390. The van der Waals surface area contributed by atoms with E-state index >= 15 is 0 Å². The monoisotopic (exact) mass is 342 g/mol. The Balaban J connectivity index is 2.04. The number of halogens is 1. The number of amides is 2. The largest absolute Gasteiger partial charge is 0.350 e. The third kappa shape index (κ3) is 5.71. The first-order chi connectivity index (χ1) is 11.8. The Kier molecular flexibility index (Phi) is 6.28. The molecule has 0 saturated carbocycles. The van der Waals surface area contributed by atoms with Gasteiger partial charge in [0.1, 0.15) is 5.82 Å². The van der Waals surface area contributed by atoms with Crippen molar-refractivity contribution in [2.24, 2.45) is 0 Å². The van der Waals surface area contributed by atoms with Gasteiger partial charge in [0.2, 0.25) is 11.8 Å². The number of rotatable bonds is 6. The first-order valence-electron chi connectivity index (χ1n) is 8.23.